The summed E-state index contributed by atoms with van der Waals surface area (Å²) >= 11 is 1.32. The van der Waals surface area contributed by atoms with E-state index in [0.29, 0.717) is 16.2 Å². The molecule has 3 nitrogen and oxygen atoms in total. The van der Waals surface area contributed by atoms with Crippen LogP contribution in [0.2, 0.25) is 0 Å². The molecule has 2 aromatic carbocycles. The van der Waals surface area contributed by atoms with E-state index >= 15 is 0 Å². The fourth-order valence-electron chi connectivity index (χ4n) is 2.41. The molecular formula is C20H16N2OS. The molecule has 3 rings (SSSR count). The van der Waals surface area contributed by atoms with Crippen LogP contribution >= 0.6 is 11.8 Å². The Bertz CT molecular complexity index is 956. The van der Waals surface area contributed by atoms with Gasteiger partial charge in [-0.25, -0.2) is 4.98 Å². The summed E-state index contributed by atoms with van der Waals surface area (Å²) in [6.45, 7) is 4.00. The van der Waals surface area contributed by atoms with E-state index < -0.39 is 0 Å². The number of ketones is 1. The summed E-state index contributed by atoms with van der Waals surface area (Å²) < 4.78 is 0. The molecule has 0 aliphatic rings. The maximum absolute atomic E-state index is 12.3. The van der Waals surface area contributed by atoms with E-state index in [-0.39, 0.29) is 11.5 Å². The molecule has 0 aliphatic carbocycles. The van der Waals surface area contributed by atoms with Crippen LogP contribution in [0, 0.1) is 25.2 Å². The Morgan fingerprint density at radius 3 is 2.50 bits per heavy atom. The standard InChI is InChI=1S/C20H16N2OS/c1-13-3-6-15(7-4-13)19(23)12-24-20-17(11-21)10-16-8-5-14(2)9-18(16)22-20/h3-10H,12H2,1-2H3. The number of hydrogen-bond acceptors (Lipinski definition) is 4. The van der Waals surface area contributed by atoms with Crippen molar-refractivity contribution in [1.29, 1.82) is 5.26 Å². The molecule has 24 heavy (non-hydrogen) atoms. The summed E-state index contributed by atoms with van der Waals surface area (Å²) in [5.74, 6) is 0.303. The highest BCUT2D eigenvalue weighted by Crippen LogP contribution is 2.26. The summed E-state index contributed by atoms with van der Waals surface area (Å²) in [7, 11) is 0. The van der Waals surface area contributed by atoms with Gasteiger partial charge >= 0.3 is 0 Å². The first-order valence-corrected chi connectivity index (χ1v) is 8.59. The minimum absolute atomic E-state index is 0.0371. The normalized spacial score (nSPS) is 10.5. The van der Waals surface area contributed by atoms with Crippen LogP contribution in [-0.4, -0.2) is 16.5 Å². The van der Waals surface area contributed by atoms with E-state index in [1.165, 1.54) is 11.8 Å². The van der Waals surface area contributed by atoms with Gasteiger partial charge in [0, 0.05) is 10.9 Å². The number of Topliss-reactive ketones (excluding diaryl/α,β-unsaturated/α-hetero) is 1. The van der Waals surface area contributed by atoms with E-state index in [1.807, 2.05) is 62.4 Å². The number of carbonyl (C=O) groups excluding carboxylic acids is 1. The van der Waals surface area contributed by atoms with E-state index in [0.717, 1.165) is 22.0 Å². The summed E-state index contributed by atoms with van der Waals surface area (Å²) in [6, 6.07) is 17.5. The first-order chi connectivity index (χ1) is 11.6. The molecule has 4 heteroatoms. The molecule has 0 unspecified atom stereocenters. The number of benzene rings is 2. The lowest BCUT2D eigenvalue weighted by Gasteiger charge is -2.06. The third-order valence-corrected chi connectivity index (χ3v) is 4.76. The van der Waals surface area contributed by atoms with Gasteiger partial charge < -0.3 is 0 Å². The predicted molar refractivity (Wildman–Crippen MR) is 97.4 cm³/mol. The quantitative estimate of drug-likeness (QED) is 0.513. The van der Waals surface area contributed by atoms with Gasteiger partial charge in [-0.2, -0.15) is 5.26 Å². The summed E-state index contributed by atoms with van der Waals surface area (Å²) in [6.07, 6.45) is 0. The van der Waals surface area contributed by atoms with Crippen molar-refractivity contribution in [3.05, 3.63) is 70.8 Å². The fraction of sp³-hybridized carbons (Fsp3) is 0.150. The van der Waals surface area contributed by atoms with Gasteiger partial charge in [0.15, 0.2) is 5.78 Å². The van der Waals surface area contributed by atoms with E-state index in [9.17, 15) is 10.1 Å². The molecule has 0 amide bonds. The lowest BCUT2D eigenvalue weighted by molar-refractivity contribution is 0.102. The average molecular weight is 332 g/mol. The van der Waals surface area contributed by atoms with Crippen LogP contribution < -0.4 is 0 Å². The van der Waals surface area contributed by atoms with Gasteiger partial charge in [-0.05, 0) is 31.5 Å². The number of pyridine rings is 1. The number of nitriles is 1. The first kappa shape index (κ1) is 16.2. The van der Waals surface area contributed by atoms with Crippen LogP contribution in [0.15, 0.2) is 53.6 Å². The first-order valence-electron chi connectivity index (χ1n) is 7.61. The maximum atomic E-state index is 12.3. The number of rotatable bonds is 4. The average Bonchev–Trinajstić information content (AvgIpc) is 2.59. The number of fused-ring (bicyclic) bond motifs is 1. The molecule has 0 N–H and O–H groups in total. The van der Waals surface area contributed by atoms with Gasteiger partial charge in [0.05, 0.1) is 16.8 Å². The van der Waals surface area contributed by atoms with Crippen LogP contribution in [0.4, 0.5) is 0 Å². The van der Waals surface area contributed by atoms with Crippen molar-refractivity contribution in [2.75, 3.05) is 5.75 Å². The highest BCUT2D eigenvalue weighted by Gasteiger charge is 2.11. The number of aryl methyl sites for hydroxylation is 2. The molecule has 0 aliphatic heterocycles. The van der Waals surface area contributed by atoms with Crippen molar-refractivity contribution < 1.29 is 4.79 Å². The van der Waals surface area contributed by atoms with Crippen molar-refractivity contribution in [3.8, 4) is 6.07 Å². The van der Waals surface area contributed by atoms with Crippen molar-refractivity contribution >= 4 is 28.4 Å². The topological polar surface area (TPSA) is 53.8 Å². The maximum Gasteiger partial charge on any atom is 0.173 e. The Balaban J connectivity index is 1.85. The second kappa shape index (κ2) is 6.86. The predicted octanol–water partition coefficient (Wildman–Crippen LogP) is 4.70. The Morgan fingerprint density at radius 1 is 1.08 bits per heavy atom. The lowest BCUT2D eigenvalue weighted by Crippen LogP contribution is -2.03. The Hall–Kier alpha value is -2.64. The van der Waals surface area contributed by atoms with Crippen molar-refractivity contribution in [3.63, 3.8) is 0 Å². The second-order valence-corrected chi connectivity index (χ2v) is 6.69. The van der Waals surface area contributed by atoms with E-state index in [2.05, 4.69) is 11.1 Å². The zero-order valence-corrected chi connectivity index (χ0v) is 14.4. The van der Waals surface area contributed by atoms with Crippen LogP contribution in [0.25, 0.3) is 10.9 Å². The van der Waals surface area contributed by atoms with Crippen LogP contribution in [0.5, 0.6) is 0 Å². The highest BCUT2D eigenvalue weighted by atomic mass is 32.2. The smallest absolute Gasteiger partial charge is 0.173 e. The number of nitrogens with zero attached hydrogens (tertiary/aromatic N) is 2. The molecule has 0 bridgehead atoms. The van der Waals surface area contributed by atoms with Gasteiger partial charge in [0.2, 0.25) is 0 Å². The van der Waals surface area contributed by atoms with Gasteiger partial charge in [0.25, 0.3) is 0 Å². The largest absolute Gasteiger partial charge is 0.293 e. The summed E-state index contributed by atoms with van der Waals surface area (Å²) in [5, 5.41) is 10.9. The molecule has 3 aromatic rings. The summed E-state index contributed by atoms with van der Waals surface area (Å²) in [4.78, 5) is 16.9. The molecule has 0 radical (unpaired) electrons. The Labute approximate surface area is 145 Å². The zero-order chi connectivity index (χ0) is 17.1. The third kappa shape index (κ3) is 3.47. The van der Waals surface area contributed by atoms with Gasteiger partial charge in [0.1, 0.15) is 11.1 Å². The third-order valence-electron chi connectivity index (χ3n) is 3.77. The highest BCUT2D eigenvalue weighted by molar-refractivity contribution is 8.00. The molecule has 0 spiro atoms. The monoisotopic (exact) mass is 332 g/mol. The van der Waals surface area contributed by atoms with Crippen molar-refractivity contribution in [2.24, 2.45) is 0 Å². The van der Waals surface area contributed by atoms with Gasteiger partial charge in [-0.15, -0.1) is 0 Å². The van der Waals surface area contributed by atoms with Gasteiger partial charge in [-0.3, -0.25) is 4.79 Å². The molecule has 0 saturated heterocycles. The van der Waals surface area contributed by atoms with Crippen LogP contribution in [0.3, 0.4) is 0 Å². The molecule has 118 valence electrons. The number of carbonyl (C=O) groups is 1. The molecule has 0 atom stereocenters. The molecule has 1 heterocycles. The SMILES string of the molecule is Cc1ccc(C(=O)CSc2nc3cc(C)ccc3cc2C#N)cc1. The van der Waals surface area contributed by atoms with Crippen molar-refractivity contribution in [2.45, 2.75) is 18.9 Å². The number of hydrogen-bond donors (Lipinski definition) is 0. The molecule has 0 fully saturated rings. The fourth-order valence-corrected chi connectivity index (χ4v) is 3.26. The van der Waals surface area contributed by atoms with E-state index in [4.69, 9.17) is 0 Å². The zero-order valence-electron chi connectivity index (χ0n) is 13.5. The van der Waals surface area contributed by atoms with E-state index in [1.54, 1.807) is 0 Å². The minimum atomic E-state index is 0.0371. The lowest BCUT2D eigenvalue weighted by atomic mass is 10.1. The summed E-state index contributed by atoms with van der Waals surface area (Å²) in [5.41, 5.74) is 4.28. The minimum Gasteiger partial charge on any atom is -0.293 e. The molecule has 0 saturated carbocycles. The molecular weight excluding hydrogens is 316 g/mol. The number of thioether (sulfide) groups is 1. The Morgan fingerprint density at radius 2 is 1.79 bits per heavy atom. The number of aromatic nitrogens is 1. The van der Waals surface area contributed by atoms with Crippen molar-refractivity contribution in [1.82, 2.24) is 4.98 Å². The van der Waals surface area contributed by atoms with Crippen LogP contribution in [0.1, 0.15) is 27.0 Å². The Kier molecular flexibility index (Phi) is 4.64. The van der Waals surface area contributed by atoms with Gasteiger partial charge in [-0.1, -0.05) is 53.7 Å². The molecule has 1 aromatic heterocycles. The van der Waals surface area contributed by atoms with Crippen LogP contribution in [-0.2, 0) is 0 Å². The second-order valence-electron chi connectivity index (χ2n) is 5.73.